The summed E-state index contributed by atoms with van der Waals surface area (Å²) >= 11 is 0. The molecule has 2 heterocycles. The lowest BCUT2D eigenvalue weighted by Crippen LogP contribution is -3.16. The number of quaternary nitrogens is 1. The quantitative estimate of drug-likeness (QED) is 0.701. The standard InChI is InChI=1S/C21H31N3O4S/c25-20-7-5-17(6-8-20)23-12-10-22(11-13-23)15-21(26)24(18-3-1-2-4-18)19-9-14-29(27,28)16-19/h5-8,18-19,25H,1-4,9-16H2/p+1/t19-/m1/s1. The molecule has 4 rings (SSSR count). The Morgan fingerprint density at radius 3 is 2.31 bits per heavy atom. The van der Waals surface area contributed by atoms with Gasteiger partial charge in [-0.3, -0.25) is 4.79 Å². The molecule has 2 saturated heterocycles. The van der Waals surface area contributed by atoms with Gasteiger partial charge >= 0.3 is 0 Å². The second kappa shape index (κ2) is 8.52. The van der Waals surface area contributed by atoms with E-state index in [-0.39, 0.29) is 35.2 Å². The molecule has 0 unspecified atom stereocenters. The molecule has 0 radical (unpaired) electrons. The Morgan fingerprint density at radius 1 is 1.07 bits per heavy atom. The van der Waals surface area contributed by atoms with E-state index in [1.165, 1.54) is 4.90 Å². The van der Waals surface area contributed by atoms with Crippen molar-refractivity contribution in [3.8, 4) is 5.75 Å². The molecule has 1 atom stereocenters. The number of phenolic OH excluding ortho intramolecular Hbond substituents is 1. The van der Waals surface area contributed by atoms with Gasteiger partial charge in [0.15, 0.2) is 16.4 Å². The summed E-state index contributed by atoms with van der Waals surface area (Å²) < 4.78 is 24.0. The Morgan fingerprint density at radius 2 is 1.72 bits per heavy atom. The first kappa shape index (κ1) is 20.5. The molecule has 0 bridgehead atoms. The molecule has 1 aromatic carbocycles. The van der Waals surface area contributed by atoms with Crippen molar-refractivity contribution in [3.63, 3.8) is 0 Å². The molecule has 1 saturated carbocycles. The van der Waals surface area contributed by atoms with E-state index in [0.717, 1.165) is 57.5 Å². The molecule has 3 aliphatic rings. The minimum absolute atomic E-state index is 0.131. The van der Waals surface area contributed by atoms with Crippen LogP contribution in [-0.2, 0) is 14.6 Å². The van der Waals surface area contributed by atoms with E-state index in [4.69, 9.17) is 0 Å². The number of carbonyl (C=O) groups excluding carboxylic acids is 1. The van der Waals surface area contributed by atoms with Crippen LogP contribution in [0.5, 0.6) is 5.75 Å². The highest BCUT2D eigenvalue weighted by Crippen LogP contribution is 2.29. The van der Waals surface area contributed by atoms with Crippen molar-refractivity contribution in [1.29, 1.82) is 0 Å². The maximum atomic E-state index is 13.3. The number of sulfone groups is 1. The minimum atomic E-state index is -3.00. The molecule has 1 aliphatic carbocycles. The summed E-state index contributed by atoms with van der Waals surface area (Å²) in [4.78, 5) is 18.8. The summed E-state index contributed by atoms with van der Waals surface area (Å²) in [6.07, 6.45) is 4.87. The number of nitrogens with zero attached hydrogens (tertiary/aromatic N) is 2. The van der Waals surface area contributed by atoms with E-state index >= 15 is 0 Å². The van der Waals surface area contributed by atoms with E-state index < -0.39 is 9.84 Å². The average molecular weight is 423 g/mol. The van der Waals surface area contributed by atoms with Crippen LogP contribution in [0.15, 0.2) is 24.3 Å². The van der Waals surface area contributed by atoms with Gasteiger partial charge in [-0.15, -0.1) is 0 Å². The number of hydrogen-bond acceptors (Lipinski definition) is 5. The second-order valence-electron chi connectivity index (χ2n) is 8.73. The first-order valence-corrected chi connectivity index (χ1v) is 12.6. The monoisotopic (exact) mass is 422 g/mol. The molecule has 29 heavy (non-hydrogen) atoms. The fraction of sp³-hybridized carbons (Fsp3) is 0.667. The number of benzene rings is 1. The lowest BCUT2D eigenvalue weighted by atomic mass is 10.1. The molecule has 2 N–H and O–H groups in total. The fourth-order valence-corrected chi connectivity index (χ4v) is 6.82. The van der Waals surface area contributed by atoms with Crippen molar-refractivity contribution >= 4 is 21.4 Å². The Bertz CT molecular complexity index is 813. The highest BCUT2D eigenvalue weighted by Gasteiger charge is 2.40. The third-order valence-corrected chi connectivity index (χ3v) is 8.44. The van der Waals surface area contributed by atoms with Gasteiger partial charge in [0.05, 0.1) is 37.7 Å². The number of nitrogens with one attached hydrogen (secondary N) is 1. The predicted molar refractivity (Wildman–Crippen MR) is 112 cm³/mol. The summed E-state index contributed by atoms with van der Waals surface area (Å²) in [5.41, 5.74) is 1.09. The number of phenols is 1. The number of hydrogen-bond donors (Lipinski definition) is 2. The molecule has 0 spiro atoms. The molecular formula is C21H32N3O4S+. The molecule has 0 aromatic heterocycles. The molecule has 2 aliphatic heterocycles. The highest BCUT2D eigenvalue weighted by atomic mass is 32.2. The van der Waals surface area contributed by atoms with Crippen molar-refractivity contribution in [3.05, 3.63) is 24.3 Å². The number of aromatic hydroxyl groups is 1. The largest absolute Gasteiger partial charge is 0.508 e. The lowest BCUT2D eigenvalue weighted by Gasteiger charge is -2.37. The van der Waals surface area contributed by atoms with Gasteiger partial charge < -0.3 is 19.8 Å². The summed E-state index contributed by atoms with van der Waals surface area (Å²) in [5, 5.41) is 9.46. The summed E-state index contributed by atoms with van der Waals surface area (Å²) in [6.45, 7) is 3.96. The van der Waals surface area contributed by atoms with Crippen LogP contribution in [0.25, 0.3) is 0 Å². The number of piperazine rings is 1. The zero-order chi connectivity index (χ0) is 20.4. The zero-order valence-corrected chi connectivity index (χ0v) is 17.7. The summed E-state index contributed by atoms with van der Waals surface area (Å²) in [6, 6.07) is 7.34. The minimum Gasteiger partial charge on any atom is -0.508 e. The Hall–Kier alpha value is -1.80. The van der Waals surface area contributed by atoms with Crippen molar-refractivity contribution in [1.82, 2.24) is 4.90 Å². The van der Waals surface area contributed by atoms with Gasteiger partial charge in [-0.05, 0) is 43.5 Å². The number of carbonyl (C=O) groups is 1. The van der Waals surface area contributed by atoms with E-state index in [1.54, 1.807) is 12.1 Å². The first-order chi connectivity index (χ1) is 13.9. The highest BCUT2D eigenvalue weighted by molar-refractivity contribution is 7.91. The Balaban J connectivity index is 1.36. The maximum absolute atomic E-state index is 13.3. The third kappa shape index (κ3) is 4.86. The van der Waals surface area contributed by atoms with Gasteiger partial charge in [0.1, 0.15) is 5.75 Å². The van der Waals surface area contributed by atoms with Gasteiger partial charge in [0.2, 0.25) is 0 Å². The predicted octanol–water partition coefficient (Wildman–Crippen LogP) is 0.0554. The van der Waals surface area contributed by atoms with Crippen LogP contribution < -0.4 is 9.80 Å². The first-order valence-electron chi connectivity index (χ1n) is 10.8. The van der Waals surface area contributed by atoms with Crippen molar-refractivity contribution in [2.75, 3.05) is 49.1 Å². The van der Waals surface area contributed by atoms with Crippen LogP contribution in [0.1, 0.15) is 32.1 Å². The van der Waals surface area contributed by atoms with Crippen LogP contribution in [0.2, 0.25) is 0 Å². The van der Waals surface area contributed by atoms with Gasteiger partial charge in [-0.1, -0.05) is 12.8 Å². The molecule has 7 nitrogen and oxygen atoms in total. The van der Waals surface area contributed by atoms with Gasteiger partial charge in [0.25, 0.3) is 5.91 Å². The van der Waals surface area contributed by atoms with E-state index in [2.05, 4.69) is 4.90 Å². The SMILES string of the molecule is O=C(C[NH+]1CCN(c2ccc(O)cc2)CC1)N(C1CCCC1)[C@@H]1CCS(=O)(=O)C1. The van der Waals surface area contributed by atoms with Crippen LogP contribution in [0.3, 0.4) is 0 Å². The van der Waals surface area contributed by atoms with Crippen molar-refractivity contribution in [2.45, 2.75) is 44.2 Å². The van der Waals surface area contributed by atoms with Crippen molar-refractivity contribution < 1.29 is 23.2 Å². The molecule has 160 valence electrons. The molecular weight excluding hydrogens is 390 g/mol. The number of amides is 1. The second-order valence-corrected chi connectivity index (χ2v) is 11.0. The van der Waals surface area contributed by atoms with Crippen molar-refractivity contribution in [2.24, 2.45) is 0 Å². The van der Waals surface area contributed by atoms with Gasteiger partial charge in [-0.2, -0.15) is 0 Å². The molecule has 1 aromatic rings. The summed E-state index contributed by atoms with van der Waals surface area (Å²) in [5.74, 6) is 0.752. The molecule has 8 heteroatoms. The fourth-order valence-electron chi connectivity index (χ4n) is 5.11. The smallest absolute Gasteiger partial charge is 0.278 e. The molecule has 1 amide bonds. The lowest BCUT2D eigenvalue weighted by molar-refractivity contribution is -0.892. The maximum Gasteiger partial charge on any atom is 0.278 e. The topological polar surface area (TPSA) is 82.4 Å². The third-order valence-electron chi connectivity index (χ3n) is 6.69. The van der Waals surface area contributed by atoms with Crippen LogP contribution >= 0.6 is 0 Å². The van der Waals surface area contributed by atoms with Crippen LogP contribution in [0.4, 0.5) is 5.69 Å². The van der Waals surface area contributed by atoms with Crippen LogP contribution in [-0.4, -0.2) is 80.6 Å². The van der Waals surface area contributed by atoms with Gasteiger partial charge in [0, 0.05) is 17.8 Å². The summed E-state index contributed by atoms with van der Waals surface area (Å²) in [7, 11) is -3.00. The van der Waals surface area contributed by atoms with Crippen LogP contribution in [0, 0.1) is 0 Å². The van der Waals surface area contributed by atoms with E-state index in [0.29, 0.717) is 13.0 Å². The normalized spacial score (nSPS) is 25.4. The average Bonchev–Trinajstić information content (AvgIpc) is 3.33. The number of rotatable bonds is 5. The van der Waals surface area contributed by atoms with Gasteiger partial charge in [-0.25, -0.2) is 8.42 Å². The Kier molecular flexibility index (Phi) is 6.01. The van der Waals surface area contributed by atoms with E-state index in [9.17, 15) is 18.3 Å². The zero-order valence-electron chi connectivity index (χ0n) is 16.9. The van der Waals surface area contributed by atoms with E-state index in [1.807, 2.05) is 17.0 Å². The molecule has 3 fully saturated rings. The Labute approximate surface area is 173 Å². The number of anilines is 1.